The molecule has 0 unspecified atom stereocenters. The third-order valence-electron chi connectivity index (χ3n) is 9.98. The molecule has 0 bridgehead atoms. The van der Waals surface area contributed by atoms with E-state index < -0.39 is 83.6 Å². The predicted octanol–water partition coefficient (Wildman–Crippen LogP) is -2.92. The van der Waals surface area contributed by atoms with Gasteiger partial charge in [0, 0.05) is 49.6 Å². The van der Waals surface area contributed by atoms with Crippen molar-refractivity contribution in [3.63, 3.8) is 0 Å². The van der Waals surface area contributed by atoms with Gasteiger partial charge in [-0.15, -0.1) is 0 Å². The van der Waals surface area contributed by atoms with Crippen LogP contribution in [-0.2, 0) is 40.0 Å². The third-order valence-corrected chi connectivity index (χ3v) is 9.98. The molecule has 330 valence electrons. The maximum absolute atomic E-state index is 14.1. The molecule has 1 aliphatic heterocycles. The number of aromatic amines is 1. The molecule has 6 amide bonds. The van der Waals surface area contributed by atoms with Gasteiger partial charge in [-0.2, -0.15) is 0 Å². The Morgan fingerprint density at radius 3 is 2.05 bits per heavy atom. The molecule has 1 aromatic heterocycles. The molecule has 22 heteroatoms. The highest BCUT2D eigenvalue weighted by Crippen LogP contribution is 2.22. The van der Waals surface area contributed by atoms with Gasteiger partial charge in [-0.25, -0.2) is 4.79 Å². The summed E-state index contributed by atoms with van der Waals surface area (Å²) in [5.74, 6) is -6.33. The molecular weight excluding hydrogens is 781 g/mol. The van der Waals surface area contributed by atoms with Crippen LogP contribution in [0.25, 0.3) is 10.9 Å². The van der Waals surface area contributed by atoms with Crippen molar-refractivity contribution in [3.8, 4) is 0 Å². The number of carboxylic acids is 1. The zero-order valence-corrected chi connectivity index (χ0v) is 34.0. The first kappa shape index (κ1) is 47.9. The van der Waals surface area contributed by atoms with Crippen LogP contribution in [0, 0.1) is 5.92 Å². The molecular formula is C38H60N14O8. The quantitative estimate of drug-likeness (QED) is 0.0287. The Morgan fingerprint density at radius 1 is 0.817 bits per heavy atom. The number of aliphatic imine (C=N–C) groups is 2. The van der Waals surface area contributed by atoms with Gasteiger partial charge in [0.1, 0.15) is 30.2 Å². The van der Waals surface area contributed by atoms with Crippen molar-refractivity contribution >= 4 is 64.2 Å². The van der Waals surface area contributed by atoms with E-state index in [0.29, 0.717) is 18.4 Å². The number of carbonyl (C=O) groups excluding carboxylic acids is 6. The molecule has 18 N–H and O–H groups in total. The van der Waals surface area contributed by atoms with E-state index >= 15 is 0 Å². The summed E-state index contributed by atoms with van der Waals surface area (Å²) in [7, 11) is 0. The highest BCUT2D eigenvalue weighted by molar-refractivity contribution is 5.97. The summed E-state index contributed by atoms with van der Waals surface area (Å²) in [4.78, 5) is 105. The summed E-state index contributed by atoms with van der Waals surface area (Å²) in [6, 6.07) is 0.163. The molecule has 60 heavy (non-hydrogen) atoms. The molecule has 2 aromatic rings. The van der Waals surface area contributed by atoms with Gasteiger partial charge >= 0.3 is 5.97 Å². The molecule has 1 saturated heterocycles. The molecule has 0 radical (unpaired) electrons. The first-order chi connectivity index (χ1) is 28.4. The fourth-order valence-electron chi connectivity index (χ4n) is 6.76. The van der Waals surface area contributed by atoms with Crippen molar-refractivity contribution in [3.05, 3.63) is 36.0 Å². The van der Waals surface area contributed by atoms with Crippen molar-refractivity contribution in [2.24, 2.45) is 50.3 Å². The highest BCUT2D eigenvalue weighted by atomic mass is 16.4. The number of likely N-dealkylation sites (tertiary alicyclic amines) is 1. The van der Waals surface area contributed by atoms with Gasteiger partial charge < -0.3 is 70.7 Å². The number of carbonyl (C=O) groups is 7. The average molecular weight is 841 g/mol. The predicted molar refractivity (Wildman–Crippen MR) is 223 cm³/mol. The van der Waals surface area contributed by atoms with E-state index in [2.05, 4.69) is 36.2 Å². The minimum atomic E-state index is -1.40. The Bertz CT molecular complexity index is 1890. The number of guanidine groups is 2. The zero-order chi connectivity index (χ0) is 44.5. The Balaban J connectivity index is 1.81. The number of carboxylic acid groups (broad SMARTS) is 1. The number of nitrogens with zero attached hydrogens (tertiary/aromatic N) is 3. The molecule has 3 rings (SSSR count). The van der Waals surface area contributed by atoms with Crippen molar-refractivity contribution < 1.29 is 38.7 Å². The number of primary amides is 1. The van der Waals surface area contributed by atoms with Crippen molar-refractivity contribution in [2.75, 3.05) is 19.6 Å². The van der Waals surface area contributed by atoms with Crippen LogP contribution in [0.2, 0.25) is 0 Å². The van der Waals surface area contributed by atoms with E-state index in [-0.39, 0.29) is 76.5 Å². The zero-order valence-electron chi connectivity index (χ0n) is 34.0. The Kier molecular flexibility index (Phi) is 18.5. The largest absolute Gasteiger partial charge is 0.480 e. The number of aliphatic carboxylic acids is 1. The molecule has 0 aliphatic carbocycles. The van der Waals surface area contributed by atoms with Crippen LogP contribution in [0.4, 0.5) is 0 Å². The van der Waals surface area contributed by atoms with Gasteiger partial charge in [-0.3, -0.25) is 38.8 Å². The monoisotopic (exact) mass is 840 g/mol. The van der Waals surface area contributed by atoms with Gasteiger partial charge in [0.15, 0.2) is 11.9 Å². The number of para-hydroxylation sites is 1. The fraction of sp³-hybridized carbons (Fsp3) is 0.553. The smallest absolute Gasteiger partial charge is 0.326 e. The number of benzene rings is 1. The van der Waals surface area contributed by atoms with E-state index in [0.717, 1.165) is 10.9 Å². The van der Waals surface area contributed by atoms with Crippen LogP contribution in [0.5, 0.6) is 0 Å². The van der Waals surface area contributed by atoms with Gasteiger partial charge in [0.05, 0.1) is 6.04 Å². The van der Waals surface area contributed by atoms with Gasteiger partial charge in [0.25, 0.3) is 0 Å². The first-order valence-electron chi connectivity index (χ1n) is 19.8. The molecule has 1 fully saturated rings. The number of nitrogens with one attached hydrogen (secondary N) is 5. The fourth-order valence-corrected chi connectivity index (χ4v) is 6.76. The van der Waals surface area contributed by atoms with E-state index in [1.165, 1.54) is 4.90 Å². The van der Waals surface area contributed by atoms with E-state index in [1.54, 1.807) is 20.0 Å². The minimum absolute atomic E-state index is 0.0169. The Labute approximate surface area is 347 Å². The second-order valence-corrected chi connectivity index (χ2v) is 15.0. The number of rotatable bonds is 24. The second-order valence-electron chi connectivity index (χ2n) is 15.0. The number of hydrogen-bond acceptors (Lipinski definition) is 10. The van der Waals surface area contributed by atoms with Crippen LogP contribution in [-0.4, -0.2) is 124 Å². The van der Waals surface area contributed by atoms with Crippen LogP contribution in [0.3, 0.4) is 0 Å². The van der Waals surface area contributed by atoms with Crippen LogP contribution in [0.15, 0.2) is 40.4 Å². The summed E-state index contributed by atoms with van der Waals surface area (Å²) < 4.78 is 0. The molecule has 0 saturated carbocycles. The standard InChI is InChI=1S/C38H60N14O8/c1-20(2)30(35(58)52-17-7-12-28(52)34(57)49-26(36(59)60)11-6-16-46-38(43)44)51-32(55)25(13-14-29(40)53)48-33(56)27(18-21-19-47-24-10-4-3-8-22(21)24)50-31(54)23(39)9-5-15-45-37(41)42/h3-4,8,10,19-20,23,25-28,30,47H,5-7,9,11-18,39H2,1-2H3,(H2,40,53)(H,48,56)(H,49,57)(H,50,54)(H,51,55)(H,59,60)(H4,41,42,45)(H4,43,44,46)/t23-,25-,26-,27-,28-,30-/m0/s1. The van der Waals surface area contributed by atoms with Gasteiger partial charge in [-0.1, -0.05) is 32.0 Å². The normalized spacial score (nSPS) is 16.1. The van der Waals surface area contributed by atoms with Crippen LogP contribution >= 0.6 is 0 Å². The Hall–Kier alpha value is -6.45. The third kappa shape index (κ3) is 14.7. The van der Waals surface area contributed by atoms with Crippen molar-refractivity contribution in [1.29, 1.82) is 0 Å². The Morgan fingerprint density at radius 2 is 1.43 bits per heavy atom. The van der Waals surface area contributed by atoms with Crippen molar-refractivity contribution in [1.82, 2.24) is 31.2 Å². The van der Waals surface area contributed by atoms with Gasteiger partial charge in [0.2, 0.25) is 35.4 Å². The molecule has 1 aromatic carbocycles. The number of amides is 6. The number of nitrogens with two attached hydrogens (primary N) is 6. The summed E-state index contributed by atoms with van der Waals surface area (Å²) in [6.07, 6.45) is 2.67. The maximum Gasteiger partial charge on any atom is 0.326 e. The lowest BCUT2D eigenvalue weighted by molar-refractivity contribution is -0.145. The summed E-state index contributed by atoms with van der Waals surface area (Å²) in [5, 5.41) is 21.1. The van der Waals surface area contributed by atoms with Crippen LogP contribution < -0.4 is 55.7 Å². The molecule has 2 heterocycles. The number of H-pyrrole nitrogens is 1. The lowest BCUT2D eigenvalue weighted by Crippen LogP contribution is -2.60. The maximum atomic E-state index is 14.1. The lowest BCUT2D eigenvalue weighted by Gasteiger charge is -2.32. The second kappa shape index (κ2) is 23.2. The molecule has 1 aliphatic rings. The number of fused-ring (bicyclic) bond motifs is 1. The van der Waals surface area contributed by atoms with E-state index in [9.17, 15) is 38.7 Å². The summed E-state index contributed by atoms with van der Waals surface area (Å²) in [5.41, 5.74) is 34.5. The topological polar surface area (TPSA) is 388 Å². The highest BCUT2D eigenvalue weighted by Gasteiger charge is 2.40. The number of hydrogen-bond donors (Lipinski definition) is 12. The van der Waals surface area contributed by atoms with Crippen molar-refractivity contribution in [2.45, 2.75) is 108 Å². The number of aromatic nitrogens is 1. The first-order valence-corrected chi connectivity index (χ1v) is 19.8. The summed E-state index contributed by atoms with van der Waals surface area (Å²) >= 11 is 0. The van der Waals surface area contributed by atoms with Gasteiger partial charge in [-0.05, 0) is 62.5 Å². The van der Waals surface area contributed by atoms with Crippen LogP contribution in [0.1, 0.15) is 70.8 Å². The molecule has 22 nitrogen and oxygen atoms in total. The SMILES string of the molecule is CC(C)[C@H](NC(=O)[C@H](CCC(N)=O)NC(=O)[C@H](Cc1c[nH]c2ccccc12)NC(=O)[C@@H](N)CCCN=C(N)N)C(=O)N1CCC[C@H]1C(=O)N[C@@H](CCCN=C(N)N)C(=O)O. The molecule has 6 atom stereocenters. The summed E-state index contributed by atoms with van der Waals surface area (Å²) in [6.45, 7) is 3.90. The van der Waals surface area contributed by atoms with E-state index in [1.807, 2.05) is 24.3 Å². The van der Waals surface area contributed by atoms with E-state index in [4.69, 9.17) is 34.4 Å². The average Bonchev–Trinajstić information content (AvgIpc) is 3.85. The molecule has 0 spiro atoms. The minimum Gasteiger partial charge on any atom is -0.480 e. The lowest BCUT2D eigenvalue weighted by atomic mass is 10.00.